The van der Waals surface area contributed by atoms with Gasteiger partial charge in [0, 0.05) is 55.8 Å². The van der Waals surface area contributed by atoms with E-state index in [0.29, 0.717) is 0 Å². The summed E-state index contributed by atoms with van der Waals surface area (Å²) in [5.74, 6) is -3.87. The summed E-state index contributed by atoms with van der Waals surface area (Å²) in [6.07, 6.45) is 0. The van der Waals surface area contributed by atoms with Gasteiger partial charge in [0.2, 0.25) is 11.9 Å². The molecule has 7 heteroatoms. The number of aliphatic carboxylic acids is 2. The molecule has 0 bridgehead atoms. The Labute approximate surface area is 108 Å². The molecule has 0 unspecified atom stereocenters. The van der Waals surface area contributed by atoms with Crippen molar-refractivity contribution < 1.29 is 24.6 Å². The molecule has 0 saturated heterocycles. The molecule has 0 aliphatic heterocycles. The number of rotatable bonds is 3. The molecule has 0 aliphatic rings. The van der Waals surface area contributed by atoms with Gasteiger partial charge in [0.05, 0.1) is 0 Å². The van der Waals surface area contributed by atoms with Crippen molar-refractivity contribution in [3.8, 4) is 0 Å². The topological polar surface area (TPSA) is 104 Å². The molecule has 0 aromatic rings. The Morgan fingerprint density at radius 3 is 1.58 bits per heavy atom. The number of carbonyl (C=O) groups excluding carboxylic acids is 1. The van der Waals surface area contributed by atoms with Crippen molar-refractivity contribution in [2.45, 2.75) is 13.0 Å². The number of nitrogens with one attached hydrogen (secondary N) is 1. The van der Waals surface area contributed by atoms with Crippen LogP contribution in [0.1, 0.15) is 6.92 Å². The number of hydrogen-bond donors (Lipinski definition) is 3. The van der Waals surface area contributed by atoms with Crippen LogP contribution in [-0.4, -0.2) is 83.0 Å². The van der Waals surface area contributed by atoms with Crippen molar-refractivity contribution in [1.29, 1.82) is 0 Å². The van der Waals surface area contributed by atoms with E-state index in [1.165, 1.54) is 0 Å². The van der Waals surface area contributed by atoms with E-state index in [-0.39, 0.29) is 48.9 Å². The quantitative estimate of drug-likeness (QED) is 0.425. The van der Waals surface area contributed by atoms with E-state index in [1.807, 2.05) is 0 Å². The molecule has 0 aromatic carbocycles. The zero-order valence-corrected chi connectivity index (χ0v) is 10.8. The van der Waals surface area contributed by atoms with E-state index in [4.69, 9.17) is 10.2 Å². The van der Waals surface area contributed by atoms with Crippen molar-refractivity contribution in [2.24, 2.45) is 0 Å². The maximum atomic E-state index is 10.2. The first-order valence-electron chi connectivity index (χ1n) is 2.68. The number of amides is 1. The van der Waals surface area contributed by atoms with E-state index >= 15 is 0 Å². The van der Waals surface area contributed by atoms with Crippen LogP contribution in [0.4, 0.5) is 0 Å². The van der Waals surface area contributed by atoms with Gasteiger partial charge in [0.25, 0.3) is 0 Å². The van der Waals surface area contributed by atoms with Crippen LogP contribution in [0, 0.1) is 0 Å². The smallest absolute Gasteiger partial charge is 0.338 e. The Hall–Kier alpha value is -0.0186. The van der Waals surface area contributed by atoms with E-state index < -0.39 is 23.9 Å². The van der Waals surface area contributed by atoms with Crippen LogP contribution in [0.3, 0.4) is 0 Å². The van der Waals surface area contributed by atoms with Gasteiger partial charge < -0.3 is 15.5 Å². The zero-order valence-electron chi connectivity index (χ0n) is 6.40. The van der Waals surface area contributed by atoms with Crippen LogP contribution in [0.5, 0.6) is 0 Å². The molecule has 12 heavy (non-hydrogen) atoms. The third kappa shape index (κ3) is 5.61. The number of hydrogen-bond acceptors (Lipinski definition) is 3. The Morgan fingerprint density at radius 2 is 1.50 bits per heavy atom. The van der Waals surface area contributed by atoms with Crippen molar-refractivity contribution in [2.75, 3.05) is 0 Å². The average molecular weight is 298 g/mol. The molecule has 3 N–H and O–H groups in total. The molecule has 0 rings (SSSR count). The standard InChI is InChI=1S/C5H7NO5.Ba/c1-2(7)6-3(4(8)9)5(10)11;/h3H,1H3,(H,6,7)(H,8,9)(H,10,11);. The minimum Gasteiger partial charge on any atom is -0.479 e. The summed E-state index contributed by atoms with van der Waals surface area (Å²) in [6.45, 7) is 1.04. The van der Waals surface area contributed by atoms with E-state index in [2.05, 4.69) is 0 Å². The summed E-state index contributed by atoms with van der Waals surface area (Å²) < 4.78 is 0. The molecule has 0 spiro atoms. The number of carboxylic acid groups (broad SMARTS) is 2. The van der Waals surface area contributed by atoms with E-state index in [0.717, 1.165) is 6.92 Å². The molecule has 0 aromatic heterocycles. The van der Waals surface area contributed by atoms with Crippen LogP contribution in [0.25, 0.3) is 0 Å². The summed E-state index contributed by atoms with van der Waals surface area (Å²) in [7, 11) is 0. The molecule has 1 amide bonds. The maximum absolute atomic E-state index is 10.2. The first-order valence-corrected chi connectivity index (χ1v) is 2.68. The monoisotopic (exact) mass is 299 g/mol. The maximum Gasteiger partial charge on any atom is 0.338 e. The second-order valence-electron chi connectivity index (χ2n) is 1.81. The van der Waals surface area contributed by atoms with Crippen molar-refractivity contribution in [1.82, 2.24) is 5.32 Å². The predicted octanol–water partition coefficient (Wildman–Crippen LogP) is -1.72. The largest absolute Gasteiger partial charge is 0.479 e. The predicted molar refractivity (Wildman–Crippen MR) is 38.6 cm³/mol. The van der Waals surface area contributed by atoms with Crippen LogP contribution in [0.2, 0.25) is 0 Å². The Bertz CT molecular complexity index is 190. The van der Waals surface area contributed by atoms with Crippen LogP contribution in [0.15, 0.2) is 0 Å². The fraction of sp³-hybridized carbons (Fsp3) is 0.400. The minimum absolute atomic E-state index is 0. The molecule has 0 saturated carbocycles. The summed E-state index contributed by atoms with van der Waals surface area (Å²) in [5, 5.41) is 18.1. The fourth-order valence-electron chi connectivity index (χ4n) is 0.432. The molecule has 6 nitrogen and oxygen atoms in total. The second-order valence-corrected chi connectivity index (χ2v) is 1.81. The van der Waals surface area contributed by atoms with Gasteiger partial charge in [-0.05, 0) is 0 Å². The molecule has 0 heterocycles. The van der Waals surface area contributed by atoms with Crippen LogP contribution < -0.4 is 5.32 Å². The molecular weight excluding hydrogens is 291 g/mol. The fourth-order valence-corrected chi connectivity index (χ4v) is 0.432. The van der Waals surface area contributed by atoms with Gasteiger partial charge in [0.15, 0.2) is 0 Å². The Kier molecular flexibility index (Phi) is 7.85. The minimum atomic E-state index is -1.85. The van der Waals surface area contributed by atoms with Crippen molar-refractivity contribution in [3.05, 3.63) is 0 Å². The SMILES string of the molecule is CC(=O)NC(C(=O)O)C(=O)O.[Ba]. The molecule has 0 aliphatic carbocycles. The number of carbonyl (C=O) groups is 3. The average Bonchev–Trinajstić information content (AvgIpc) is 1.81. The normalized spacial score (nSPS) is 8.50. The van der Waals surface area contributed by atoms with Gasteiger partial charge in [-0.1, -0.05) is 0 Å². The van der Waals surface area contributed by atoms with Gasteiger partial charge in [-0.3, -0.25) is 4.79 Å². The summed E-state index contributed by atoms with van der Waals surface area (Å²) in [6, 6.07) is -1.85. The third-order valence-corrected chi connectivity index (χ3v) is 0.842. The first kappa shape index (κ1) is 14.5. The van der Waals surface area contributed by atoms with Crippen LogP contribution >= 0.6 is 0 Å². The molecule has 2 radical (unpaired) electrons. The molecule has 0 atom stereocenters. The van der Waals surface area contributed by atoms with Gasteiger partial charge in [-0.2, -0.15) is 0 Å². The number of carboxylic acids is 2. The summed E-state index contributed by atoms with van der Waals surface area (Å²) in [4.78, 5) is 30.4. The molecule has 64 valence electrons. The second kappa shape index (κ2) is 6.49. The van der Waals surface area contributed by atoms with Gasteiger partial charge in [0.1, 0.15) is 0 Å². The van der Waals surface area contributed by atoms with Crippen molar-refractivity contribution >= 4 is 66.7 Å². The third-order valence-electron chi connectivity index (χ3n) is 0.842. The first-order chi connectivity index (χ1) is 4.95. The zero-order chi connectivity index (χ0) is 9.02. The molecule has 0 fully saturated rings. The summed E-state index contributed by atoms with van der Waals surface area (Å²) >= 11 is 0. The molecular formula is C5H7BaNO5. The van der Waals surface area contributed by atoms with E-state index in [1.54, 1.807) is 5.32 Å². The Morgan fingerprint density at radius 1 is 1.17 bits per heavy atom. The van der Waals surface area contributed by atoms with Crippen molar-refractivity contribution in [3.63, 3.8) is 0 Å². The van der Waals surface area contributed by atoms with Gasteiger partial charge in [-0.15, -0.1) is 0 Å². The van der Waals surface area contributed by atoms with Gasteiger partial charge in [-0.25, -0.2) is 9.59 Å². The Balaban J connectivity index is 0. The van der Waals surface area contributed by atoms with E-state index in [9.17, 15) is 14.4 Å². The van der Waals surface area contributed by atoms with Crippen LogP contribution in [-0.2, 0) is 14.4 Å². The van der Waals surface area contributed by atoms with Gasteiger partial charge >= 0.3 is 11.9 Å². The summed E-state index contributed by atoms with van der Waals surface area (Å²) in [5.41, 5.74) is 0.